The summed E-state index contributed by atoms with van der Waals surface area (Å²) in [7, 11) is 0. The molecule has 0 fully saturated rings. The minimum Gasteiger partial charge on any atom is -0.505 e. The summed E-state index contributed by atoms with van der Waals surface area (Å²) in [6.07, 6.45) is -0.832. The minimum atomic E-state index is -1.000. The summed E-state index contributed by atoms with van der Waals surface area (Å²) >= 11 is 0. The number of ketones is 1. The van der Waals surface area contributed by atoms with Crippen molar-refractivity contribution in [3.05, 3.63) is 11.5 Å². The number of aliphatic hydroxyl groups is 2. The van der Waals surface area contributed by atoms with Crippen LogP contribution in [0.3, 0.4) is 0 Å². The van der Waals surface area contributed by atoms with Gasteiger partial charge in [-0.3, -0.25) is 4.79 Å². The van der Waals surface area contributed by atoms with Gasteiger partial charge in [0.15, 0.2) is 11.9 Å². The van der Waals surface area contributed by atoms with E-state index in [-0.39, 0.29) is 39.1 Å². The molecule has 2 N–H and O–H groups in total. The van der Waals surface area contributed by atoms with Crippen LogP contribution in [0.2, 0.25) is 0 Å². The average Bonchev–Trinajstić information content (AvgIpc) is 2.54. The summed E-state index contributed by atoms with van der Waals surface area (Å²) in [6.45, 7) is 1.29. The maximum Gasteiger partial charge on any atom is 0.377 e. The highest BCUT2D eigenvalue weighted by molar-refractivity contribution is 5.89. The number of carbonyl (C=O) groups is 3. The fraction of sp³-hybridized carbons (Fsp3) is 0.583. The van der Waals surface area contributed by atoms with Gasteiger partial charge in [-0.25, -0.2) is 4.79 Å². The standard InChI is InChI=1S/C11H14O7.CH4/c1-6(12)2-3-8(13)17-5-4-7-9(14)10(15)11(16)18-7;/h7,14-15H,2-5H2,1H3;1H4. The largest absolute Gasteiger partial charge is 0.505 e. The fourth-order valence-electron chi connectivity index (χ4n) is 1.32. The molecule has 1 rings (SSSR count). The lowest BCUT2D eigenvalue weighted by molar-refractivity contribution is -0.147. The molecule has 0 saturated carbocycles. The van der Waals surface area contributed by atoms with Crippen LogP contribution in [0.4, 0.5) is 0 Å². The SMILES string of the molecule is C.CC(=O)CCC(=O)OCCC1OC(=O)C(O)=C1O. The molecule has 0 amide bonds. The number of aliphatic hydroxyl groups excluding tert-OH is 2. The van der Waals surface area contributed by atoms with Gasteiger partial charge in [0.25, 0.3) is 0 Å². The zero-order chi connectivity index (χ0) is 13.7. The maximum absolute atomic E-state index is 11.1. The van der Waals surface area contributed by atoms with E-state index in [9.17, 15) is 19.5 Å². The van der Waals surface area contributed by atoms with Crippen LogP contribution in [0.5, 0.6) is 0 Å². The molecule has 1 aliphatic heterocycles. The first-order valence-electron chi connectivity index (χ1n) is 5.40. The van der Waals surface area contributed by atoms with Gasteiger partial charge in [-0.1, -0.05) is 7.43 Å². The average molecular weight is 274 g/mol. The summed E-state index contributed by atoms with van der Waals surface area (Å²) < 4.78 is 9.38. The molecule has 0 spiro atoms. The second-order valence-corrected chi connectivity index (χ2v) is 3.84. The monoisotopic (exact) mass is 274 g/mol. The van der Waals surface area contributed by atoms with Crippen molar-refractivity contribution in [3.8, 4) is 0 Å². The van der Waals surface area contributed by atoms with Crippen LogP contribution in [0.25, 0.3) is 0 Å². The quantitative estimate of drug-likeness (QED) is 0.699. The number of hydrogen-bond donors (Lipinski definition) is 2. The van der Waals surface area contributed by atoms with Crippen molar-refractivity contribution in [2.75, 3.05) is 6.61 Å². The van der Waals surface area contributed by atoms with Crippen molar-refractivity contribution < 1.29 is 34.1 Å². The summed E-state index contributed by atoms with van der Waals surface area (Å²) in [5.74, 6) is -3.02. The van der Waals surface area contributed by atoms with Gasteiger partial charge >= 0.3 is 11.9 Å². The molecular weight excluding hydrogens is 256 g/mol. The van der Waals surface area contributed by atoms with Gasteiger partial charge in [-0.05, 0) is 6.92 Å². The Morgan fingerprint density at radius 1 is 1.32 bits per heavy atom. The summed E-state index contributed by atoms with van der Waals surface area (Å²) in [5.41, 5.74) is 0. The number of rotatable bonds is 6. The first-order chi connectivity index (χ1) is 8.41. The van der Waals surface area contributed by atoms with Crippen molar-refractivity contribution in [2.24, 2.45) is 0 Å². The van der Waals surface area contributed by atoms with E-state index < -0.39 is 29.6 Å². The Morgan fingerprint density at radius 3 is 2.42 bits per heavy atom. The molecule has 0 radical (unpaired) electrons. The van der Waals surface area contributed by atoms with Crippen molar-refractivity contribution >= 4 is 17.7 Å². The number of carbonyl (C=O) groups excluding carboxylic acids is 3. The summed E-state index contributed by atoms with van der Waals surface area (Å²) in [6, 6.07) is 0. The van der Waals surface area contributed by atoms with Crippen LogP contribution in [0.1, 0.15) is 33.6 Å². The topological polar surface area (TPSA) is 110 Å². The van der Waals surface area contributed by atoms with Gasteiger partial charge in [0.05, 0.1) is 13.0 Å². The third-order valence-electron chi connectivity index (χ3n) is 2.31. The molecule has 0 aromatic rings. The molecule has 1 heterocycles. The summed E-state index contributed by atoms with van der Waals surface area (Å²) in [5, 5.41) is 18.3. The van der Waals surface area contributed by atoms with E-state index in [1.165, 1.54) is 6.92 Å². The molecule has 0 aromatic heterocycles. The highest BCUT2D eigenvalue weighted by atomic mass is 16.6. The molecule has 7 nitrogen and oxygen atoms in total. The van der Waals surface area contributed by atoms with E-state index in [4.69, 9.17) is 9.84 Å². The van der Waals surface area contributed by atoms with Crippen LogP contribution < -0.4 is 0 Å². The first kappa shape index (κ1) is 16.9. The van der Waals surface area contributed by atoms with Crippen LogP contribution in [-0.2, 0) is 23.9 Å². The molecule has 1 unspecified atom stereocenters. The van der Waals surface area contributed by atoms with E-state index in [2.05, 4.69) is 4.74 Å². The van der Waals surface area contributed by atoms with Gasteiger partial charge in [0.2, 0.25) is 5.76 Å². The van der Waals surface area contributed by atoms with Gasteiger partial charge in [-0.2, -0.15) is 0 Å². The third-order valence-corrected chi connectivity index (χ3v) is 2.31. The molecular formula is C12H18O7. The van der Waals surface area contributed by atoms with Crippen LogP contribution in [-0.4, -0.2) is 40.6 Å². The smallest absolute Gasteiger partial charge is 0.377 e. The number of hydrogen-bond acceptors (Lipinski definition) is 7. The Bertz CT molecular complexity index is 397. The van der Waals surface area contributed by atoms with E-state index in [1.54, 1.807) is 0 Å². The lowest BCUT2D eigenvalue weighted by Gasteiger charge is -2.09. The highest BCUT2D eigenvalue weighted by Crippen LogP contribution is 2.20. The lowest BCUT2D eigenvalue weighted by Crippen LogP contribution is -2.16. The molecule has 0 bridgehead atoms. The number of ether oxygens (including phenoxy) is 2. The van der Waals surface area contributed by atoms with Crippen molar-refractivity contribution in [2.45, 2.75) is 39.7 Å². The van der Waals surface area contributed by atoms with Crippen LogP contribution >= 0.6 is 0 Å². The van der Waals surface area contributed by atoms with Crippen molar-refractivity contribution in [3.63, 3.8) is 0 Å². The molecule has 1 atom stereocenters. The number of Topliss-reactive ketones (excluding diaryl/α,β-unsaturated/α-hetero) is 1. The third kappa shape index (κ3) is 4.99. The molecule has 1 aliphatic rings. The second-order valence-electron chi connectivity index (χ2n) is 3.84. The van der Waals surface area contributed by atoms with E-state index in [0.717, 1.165) is 0 Å². The lowest BCUT2D eigenvalue weighted by atomic mass is 10.2. The number of cyclic esters (lactones) is 1. The zero-order valence-electron chi connectivity index (χ0n) is 9.84. The molecule has 7 heteroatoms. The Balaban J connectivity index is 0.00000324. The molecule has 0 aromatic carbocycles. The van der Waals surface area contributed by atoms with Crippen molar-refractivity contribution in [1.82, 2.24) is 0 Å². The molecule has 19 heavy (non-hydrogen) atoms. The first-order valence-corrected chi connectivity index (χ1v) is 5.40. The molecule has 0 saturated heterocycles. The van der Waals surface area contributed by atoms with E-state index >= 15 is 0 Å². The number of esters is 2. The Labute approximate surface area is 110 Å². The van der Waals surface area contributed by atoms with Gasteiger partial charge in [0.1, 0.15) is 5.78 Å². The normalized spacial score (nSPS) is 17.7. The predicted octanol–water partition coefficient (Wildman–Crippen LogP) is 1.18. The zero-order valence-corrected chi connectivity index (χ0v) is 9.84. The maximum atomic E-state index is 11.1. The van der Waals surface area contributed by atoms with Gasteiger partial charge in [-0.15, -0.1) is 0 Å². The Kier molecular flexibility index (Phi) is 6.60. The van der Waals surface area contributed by atoms with Crippen molar-refractivity contribution in [1.29, 1.82) is 0 Å². The molecule has 0 aliphatic carbocycles. The predicted molar refractivity (Wildman–Crippen MR) is 64.4 cm³/mol. The van der Waals surface area contributed by atoms with E-state index in [1.807, 2.05) is 0 Å². The van der Waals surface area contributed by atoms with Crippen LogP contribution in [0, 0.1) is 0 Å². The van der Waals surface area contributed by atoms with Crippen LogP contribution in [0.15, 0.2) is 11.5 Å². The Hall–Kier alpha value is -2.05. The second kappa shape index (κ2) is 7.40. The fourth-order valence-corrected chi connectivity index (χ4v) is 1.32. The summed E-state index contributed by atoms with van der Waals surface area (Å²) in [4.78, 5) is 32.6. The highest BCUT2D eigenvalue weighted by Gasteiger charge is 2.34. The van der Waals surface area contributed by atoms with Gasteiger partial charge in [0, 0.05) is 12.8 Å². The van der Waals surface area contributed by atoms with Gasteiger partial charge < -0.3 is 24.5 Å². The molecule has 108 valence electrons. The van der Waals surface area contributed by atoms with E-state index in [0.29, 0.717) is 0 Å². The Morgan fingerprint density at radius 2 is 1.95 bits per heavy atom. The minimum absolute atomic E-state index is 0.